The fourth-order valence-corrected chi connectivity index (χ4v) is 2.52. The van der Waals surface area contributed by atoms with Crippen LogP contribution in [0.25, 0.3) is 0 Å². The van der Waals surface area contributed by atoms with Gasteiger partial charge in [0.15, 0.2) is 5.69 Å². The summed E-state index contributed by atoms with van der Waals surface area (Å²) in [6, 6.07) is -0.446. The Hall–Kier alpha value is -1.96. The van der Waals surface area contributed by atoms with Gasteiger partial charge in [-0.3, -0.25) is 9.59 Å². The highest BCUT2D eigenvalue weighted by atomic mass is 32.1. The summed E-state index contributed by atoms with van der Waals surface area (Å²) < 4.78 is 0. The average molecular weight is 283 g/mol. The maximum atomic E-state index is 11.7. The minimum atomic E-state index is -1.06. The second-order valence-corrected chi connectivity index (χ2v) is 5.07. The number of amides is 2. The molecule has 1 aromatic heterocycles. The molecule has 0 bridgehead atoms. The Bertz CT molecular complexity index is 514. The summed E-state index contributed by atoms with van der Waals surface area (Å²) in [4.78, 5) is 37.2. The van der Waals surface area contributed by atoms with Gasteiger partial charge in [0.25, 0.3) is 0 Å². The van der Waals surface area contributed by atoms with E-state index in [0.717, 1.165) is 0 Å². The lowest BCUT2D eigenvalue weighted by molar-refractivity contribution is -0.125. The van der Waals surface area contributed by atoms with Gasteiger partial charge in [0, 0.05) is 24.8 Å². The molecule has 2 rings (SSSR count). The second kappa shape index (κ2) is 5.79. The third-order valence-corrected chi connectivity index (χ3v) is 3.63. The minimum absolute atomic E-state index is 0.0226. The number of aromatic carboxylic acids is 1. The standard InChI is InChI=1S/C11H13N3O4S/c15-8-2-1-6(13-8)10(16)12-4-3-9-14-7(5-19-9)11(17)18/h5-6H,1-4H2,(H,12,16)(H,13,15)(H,17,18). The molecule has 0 saturated carbocycles. The van der Waals surface area contributed by atoms with Crippen LogP contribution in [0.15, 0.2) is 5.38 Å². The van der Waals surface area contributed by atoms with Crippen molar-refractivity contribution >= 4 is 29.1 Å². The van der Waals surface area contributed by atoms with Crippen molar-refractivity contribution in [2.75, 3.05) is 6.54 Å². The van der Waals surface area contributed by atoms with Crippen LogP contribution < -0.4 is 10.6 Å². The number of nitrogens with one attached hydrogen (secondary N) is 2. The molecule has 1 saturated heterocycles. The van der Waals surface area contributed by atoms with Gasteiger partial charge in [-0.15, -0.1) is 11.3 Å². The topological polar surface area (TPSA) is 108 Å². The molecule has 102 valence electrons. The molecule has 2 amide bonds. The van der Waals surface area contributed by atoms with Crippen LogP contribution in [0.3, 0.4) is 0 Å². The molecule has 1 aromatic rings. The molecule has 19 heavy (non-hydrogen) atoms. The van der Waals surface area contributed by atoms with Crippen molar-refractivity contribution in [1.82, 2.24) is 15.6 Å². The summed E-state index contributed by atoms with van der Waals surface area (Å²) in [6.07, 6.45) is 1.38. The van der Waals surface area contributed by atoms with Crippen LogP contribution in [-0.2, 0) is 16.0 Å². The van der Waals surface area contributed by atoms with E-state index in [1.165, 1.54) is 16.7 Å². The highest BCUT2D eigenvalue weighted by molar-refractivity contribution is 7.09. The van der Waals surface area contributed by atoms with Crippen LogP contribution in [0.2, 0.25) is 0 Å². The molecule has 2 heterocycles. The molecule has 0 aliphatic carbocycles. The van der Waals surface area contributed by atoms with Crippen LogP contribution in [0, 0.1) is 0 Å². The predicted molar refractivity (Wildman–Crippen MR) is 67.0 cm³/mol. The number of carboxylic acid groups (broad SMARTS) is 1. The summed E-state index contributed by atoms with van der Waals surface area (Å²) in [6.45, 7) is 0.373. The van der Waals surface area contributed by atoms with E-state index < -0.39 is 12.0 Å². The highest BCUT2D eigenvalue weighted by Crippen LogP contribution is 2.10. The molecule has 1 aliphatic heterocycles. The van der Waals surface area contributed by atoms with Gasteiger partial charge in [0.1, 0.15) is 6.04 Å². The van der Waals surface area contributed by atoms with Crippen LogP contribution >= 0.6 is 11.3 Å². The first-order valence-corrected chi connectivity index (χ1v) is 6.69. The fraction of sp³-hybridized carbons (Fsp3) is 0.455. The Balaban J connectivity index is 1.75. The number of nitrogens with zero attached hydrogens (tertiary/aromatic N) is 1. The van der Waals surface area contributed by atoms with E-state index in [1.807, 2.05) is 0 Å². The first-order valence-electron chi connectivity index (χ1n) is 5.81. The second-order valence-electron chi connectivity index (χ2n) is 4.13. The van der Waals surface area contributed by atoms with E-state index in [2.05, 4.69) is 15.6 Å². The van der Waals surface area contributed by atoms with Gasteiger partial charge in [-0.2, -0.15) is 0 Å². The number of carbonyl (C=O) groups excluding carboxylic acids is 2. The van der Waals surface area contributed by atoms with Crippen molar-refractivity contribution in [1.29, 1.82) is 0 Å². The van der Waals surface area contributed by atoms with Gasteiger partial charge in [-0.1, -0.05) is 0 Å². The van der Waals surface area contributed by atoms with Crippen LogP contribution in [0.1, 0.15) is 28.3 Å². The van der Waals surface area contributed by atoms with Crippen molar-refractivity contribution in [3.8, 4) is 0 Å². The SMILES string of the molecule is O=C1CCC(C(=O)NCCc2nc(C(=O)O)cs2)N1. The summed E-state index contributed by atoms with van der Waals surface area (Å²) >= 11 is 1.25. The molecule has 8 heteroatoms. The Morgan fingerprint density at radius 3 is 2.95 bits per heavy atom. The highest BCUT2D eigenvalue weighted by Gasteiger charge is 2.26. The first kappa shape index (κ1) is 13.5. The summed E-state index contributed by atoms with van der Waals surface area (Å²) in [5.41, 5.74) is 0.0226. The molecule has 0 spiro atoms. The number of carbonyl (C=O) groups is 3. The van der Waals surface area contributed by atoms with Crippen LogP contribution in [0.5, 0.6) is 0 Å². The van der Waals surface area contributed by atoms with Gasteiger partial charge < -0.3 is 15.7 Å². The molecular formula is C11H13N3O4S. The van der Waals surface area contributed by atoms with Crippen molar-refractivity contribution in [2.24, 2.45) is 0 Å². The maximum absolute atomic E-state index is 11.7. The molecule has 1 unspecified atom stereocenters. The zero-order chi connectivity index (χ0) is 13.8. The van der Waals surface area contributed by atoms with Gasteiger partial charge in [0.05, 0.1) is 5.01 Å². The number of aromatic nitrogens is 1. The third kappa shape index (κ3) is 3.50. The third-order valence-electron chi connectivity index (χ3n) is 2.72. The van der Waals surface area contributed by atoms with Gasteiger partial charge in [0.2, 0.25) is 11.8 Å². The average Bonchev–Trinajstić information content (AvgIpc) is 2.98. The predicted octanol–water partition coefficient (Wildman–Crippen LogP) is -0.221. The van der Waals surface area contributed by atoms with Crippen molar-refractivity contribution in [2.45, 2.75) is 25.3 Å². The van der Waals surface area contributed by atoms with Gasteiger partial charge >= 0.3 is 5.97 Å². The summed E-state index contributed by atoms with van der Waals surface area (Å²) in [7, 11) is 0. The largest absolute Gasteiger partial charge is 0.476 e. The molecule has 7 nitrogen and oxygen atoms in total. The van der Waals surface area contributed by atoms with E-state index in [4.69, 9.17) is 5.11 Å². The maximum Gasteiger partial charge on any atom is 0.355 e. The number of carboxylic acids is 1. The smallest absolute Gasteiger partial charge is 0.355 e. The first-order chi connectivity index (χ1) is 9.06. The zero-order valence-electron chi connectivity index (χ0n) is 10.0. The number of hydrogen-bond acceptors (Lipinski definition) is 5. The normalized spacial score (nSPS) is 18.1. The minimum Gasteiger partial charge on any atom is -0.476 e. The van der Waals surface area contributed by atoms with E-state index in [-0.39, 0.29) is 17.5 Å². The number of thiazole rings is 1. The van der Waals surface area contributed by atoms with E-state index in [0.29, 0.717) is 30.8 Å². The Kier molecular flexibility index (Phi) is 4.10. The van der Waals surface area contributed by atoms with Crippen molar-refractivity contribution < 1.29 is 19.5 Å². The molecule has 1 aliphatic rings. The van der Waals surface area contributed by atoms with E-state index in [9.17, 15) is 14.4 Å². The lowest BCUT2D eigenvalue weighted by Gasteiger charge is -2.09. The zero-order valence-corrected chi connectivity index (χ0v) is 10.8. The molecule has 0 aromatic carbocycles. The van der Waals surface area contributed by atoms with Gasteiger partial charge in [-0.05, 0) is 6.42 Å². The number of rotatable bonds is 5. The van der Waals surface area contributed by atoms with Crippen LogP contribution in [-0.4, -0.2) is 40.5 Å². The number of hydrogen-bond donors (Lipinski definition) is 3. The van der Waals surface area contributed by atoms with Crippen LogP contribution in [0.4, 0.5) is 0 Å². The molecule has 3 N–H and O–H groups in total. The molecule has 0 radical (unpaired) electrons. The van der Waals surface area contributed by atoms with Crippen molar-refractivity contribution in [3.05, 3.63) is 16.1 Å². The summed E-state index contributed by atoms with van der Waals surface area (Å²) in [5.74, 6) is -1.37. The monoisotopic (exact) mass is 283 g/mol. The summed E-state index contributed by atoms with van der Waals surface area (Å²) in [5, 5.41) is 16.1. The Morgan fingerprint density at radius 2 is 2.37 bits per heavy atom. The molecule has 1 atom stereocenters. The van der Waals surface area contributed by atoms with E-state index >= 15 is 0 Å². The lowest BCUT2D eigenvalue weighted by Crippen LogP contribution is -2.42. The quantitative estimate of drug-likeness (QED) is 0.692. The van der Waals surface area contributed by atoms with E-state index in [1.54, 1.807) is 0 Å². The van der Waals surface area contributed by atoms with Crippen molar-refractivity contribution in [3.63, 3.8) is 0 Å². The Labute approximate surface area is 113 Å². The van der Waals surface area contributed by atoms with Gasteiger partial charge in [-0.25, -0.2) is 9.78 Å². The molecule has 1 fully saturated rings. The fourth-order valence-electron chi connectivity index (χ4n) is 1.75. The lowest BCUT2D eigenvalue weighted by atomic mass is 10.2. The molecular weight excluding hydrogens is 270 g/mol. The Morgan fingerprint density at radius 1 is 1.58 bits per heavy atom.